The Labute approximate surface area is 115 Å². The average molecular weight is 270 g/mol. The van der Waals surface area contributed by atoms with Gasteiger partial charge in [-0.15, -0.1) is 11.3 Å². The summed E-state index contributed by atoms with van der Waals surface area (Å²) in [5.74, 6) is 1.72. The highest BCUT2D eigenvalue weighted by atomic mass is 32.1. The highest BCUT2D eigenvalue weighted by molar-refractivity contribution is 7.13. The average Bonchev–Trinajstić information content (AvgIpc) is 3.07. The standard InChI is InChI=1S/C14H14N4S/c1-18-13(10-15-11-6-3-2-4-7-11)16-14(17-18)12-8-5-9-19-12/h2-9,15H,10H2,1H3. The minimum atomic E-state index is 0.666. The quantitative estimate of drug-likeness (QED) is 0.792. The molecule has 0 unspecified atom stereocenters. The zero-order valence-electron chi connectivity index (χ0n) is 10.6. The fourth-order valence-electron chi connectivity index (χ4n) is 1.82. The minimum absolute atomic E-state index is 0.666. The molecule has 4 nitrogen and oxygen atoms in total. The molecule has 0 saturated carbocycles. The van der Waals surface area contributed by atoms with Crippen LogP contribution in [-0.2, 0) is 13.6 Å². The zero-order chi connectivity index (χ0) is 13.1. The maximum atomic E-state index is 4.57. The predicted molar refractivity (Wildman–Crippen MR) is 78.1 cm³/mol. The molecule has 0 aliphatic heterocycles. The molecular weight excluding hydrogens is 256 g/mol. The van der Waals surface area contributed by atoms with Crippen LogP contribution in [0.25, 0.3) is 10.7 Å². The van der Waals surface area contributed by atoms with E-state index < -0.39 is 0 Å². The number of thiophene rings is 1. The van der Waals surface area contributed by atoms with E-state index in [4.69, 9.17) is 0 Å². The minimum Gasteiger partial charge on any atom is -0.378 e. The molecule has 0 radical (unpaired) electrons. The van der Waals surface area contributed by atoms with Crippen molar-refractivity contribution in [3.8, 4) is 10.7 Å². The molecule has 96 valence electrons. The van der Waals surface area contributed by atoms with E-state index in [-0.39, 0.29) is 0 Å². The van der Waals surface area contributed by atoms with Crippen molar-refractivity contribution >= 4 is 17.0 Å². The first kappa shape index (κ1) is 11.9. The molecule has 2 heterocycles. The van der Waals surface area contributed by atoms with Gasteiger partial charge in [0.1, 0.15) is 5.82 Å². The summed E-state index contributed by atoms with van der Waals surface area (Å²) in [6.07, 6.45) is 0. The van der Waals surface area contributed by atoms with E-state index in [1.807, 2.05) is 59.6 Å². The molecule has 0 saturated heterocycles. The highest BCUT2D eigenvalue weighted by Gasteiger charge is 2.09. The van der Waals surface area contributed by atoms with Crippen LogP contribution in [0.4, 0.5) is 5.69 Å². The second-order valence-electron chi connectivity index (χ2n) is 4.17. The molecule has 3 rings (SSSR count). The molecule has 2 aromatic heterocycles. The van der Waals surface area contributed by atoms with E-state index in [0.717, 1.165) is 22.2 Å². The molecule has 5 heteroatoms. The van der Waals surface area contributed by atoms with Crippen LogP contribution in [0.3, 0.4) is 0 Å². The Kier molecular flexibility index (Phi) is 3.29. The fourth-order valence-corrected chi connectivity index (χ4v) is 2.47. The van der Waals surface area contributed by atoms with Crippen molar-refractivity contribution in [1.82, 2.24) is 14.8 Å². The molecule has 0 fully saturated rings. The van der Waals surface area contributed by atoms with Crippen LogP contribution in [0.5, 0.6) is 0 Å². The summed E-state index contributed by atoms with van der Waals surface area (Å²) in [6, 6.07) is 14.1. The van der Waals surface area contributed by atoms with Crippen molar-refractivity contribution in [2.24, 2.45) is 7.05 Å². The summed E-state index contributed by atoms with van der Waals surface area (Å²) in [7, 11) is 1.92. The SMILES string of the molecule is Cn1nc(-c2cccs2)nc1CNc1ccccc1. The number of hydrogen-bond donors (Lipinski definition) is 1. The molecule has 0 amide bonds. The normalized spacial score (nSPS) is 10.6. The summed E-state index contributed by atoms with van der Waals surface area (Å²) >= 11 is 1.65. The molecule has 0 aliphatic rings. The van der Waals surface area contributed by atoms with Crippen LogP contribution in [0.1, 0.15) is 5.82 Å². The third-order valence-electron chi connectivity index (χ3n) is 2.82. The summed E-state index contributed by atoms with van der Waals surface area (Å²) in [5, 5.41) is 9.82. The molecule has 0 aliphatic carbocycles. The topological polar surface area (TPSA) is 42.7 Å². The molecule has 0 atom stereocenters. The lowest BCUT2D eigenvalue weighted by atomic mass is 10.3. The van der Waals surface area contributed by atoms with Gasteiger partial charge in [-0.05, 0) is 23.6 Å². The number of hydrogen-bond acceptors (Lipinski definition) is 4. The lowest BCUT2D eigenvalue weighted by Crippen LogP contribution is -2.06. The Bertz CT molecular complexity index is 643. The van der Waals surface area contributed by atoms with Gasteiger partial charge in [0.2, 0.25) is 0 Å². The Morgan fingerprint density at radius 2 is 2.00 bits per heavy atom. The molecule has 1 N–H and O–H groups in total. The Hall–Kier alpha value is -2.14. The van der Waals surface area contributed by atoms with Crippen molar-refractivity contribution in [2.45, 2.75) is 6.54 Å². The number of aryl methyl sites for hydroxylation is 1. The van der Waals surface area contributed by atoms with Gasteiger partial charge in [0.15, 0.2) is 5.82 Å². The Balaban J connectivity index is 1.75. The van der Waals surface area contributed by atoms with E-state index in [1.54, 1.807) is 11.3 Å². The van der Waals surface area contributed by atoms with Crippen LogP contribution >= 0.6 is 11.3 Å². The summed E-state index contributed by atoms with van der Waals surface area (Å²) in [6.45, 7) is 0.666. The summed E-state index contributed by atoms with van der Waals surface area (Å²) in [4.78, 5) is 5.67. The van der Waals surface area contributed by atoms with E-state index in [0.29, 0.717) is 6.54 Å². The molecule has 3 aromatic rings. The van der Waals surface area contributed by atoms with Crippen molar-refractivity contribution in [1.29, 1.82) is 0 Å². The third-order valence-corrected chi connectivity index (χ3v) is 3.69. The number of aromatic nitrogens is 3. The molecular formula is C14H14N4S. The second kappa shape index (κ2) is 5.24. The van der Waals surface area contributed by atoms with Crippen LogP contribution < -0.4 is 5.32 Å². The van der Waals surface area contributed by atoms with E-state index in [1.165, 1.54) is 0 Å². The predicted octanol–water partition coefficient (Wildman–Crippen LogP) is 3.16. The largest absolute Gasteiger partial charge is 0.378 e. The summed E-state index contributed by atoms with van der Waals surface area (Å²) in [5.41, 5.74) is 1.09. The second-order valence-corrected chi connectivity index (χ2v) is 5.12. The van der Waals surface area contributed by atoms with Gasteiger partial charge in [0, 0.05) is 12.7 Å². The van der Waals surface area contributed by atoms with Gasteiger partial charge in [0.25, 0.3) is 0 Å². The first-order valence-electron chi connectivity index (χ1n) is 6.05. The number of nitrogens with one attached hydrogen (secondary N) is 1. The molecule has 0 bridgehead atoms. The van der Waals surface area contributed by atoms with Crippen LogP contribution in [0, 0.1) is 0 Å². The Morgan fingerprint density at radius 3 is 2.74 bits per heavy atom. The van der Waals surface area contributed by atoms with Crippen molar-refractivity contribution < 1.29 is 0 Å². The number of rotatable bonds is 4. The van der Waals surface area contributed by atoms with E-state index >= 15 is 0 Å². The number of anilines is 1. The van der Waals surface area contributed by atoms with Gasteiger partial charge < -0.3 is 5.32 Å². The van der Waals surface area contributed by atoms with Gasteiger partial charge in [-0.1, -0.05) is 24.3 Å². The van der Waals surface area contributed by atoms with Crippen molar-refractivity contribution in [2.75, 3.05) is 5.32 Å². The smallest absolute Gasteiger partial charge is 0.191 e. The number of para-hydroxylation sites is 1. The summed E-state index contributed by atoms with van der Waals surface area (Å²) < 4.78 is 1.82. The fraction of sp³-hybridized carbons (Fsp3) is 0.143. The molecule has 1 aromatic carbocycles. The lowest BCUT2D eigenvalue weighted by Gasteiger charge is -2.04. The van der Waals surface area contributed by atoms with Crippen LogP contribution in [0.15, 0.2) is 47.8 Å². The van der Waals surface area contributed by atoms with Crippen LogP contribution in [0.2, 0.25) is 0 Å². The monoisotopic (exact) mass is 270 g/mol. The highest BCUT2D eigenvalue weighted by Crippen LogP contribution is 2.21. The van der Waals surface area contributed by atoms with Gasteiger partial charge in [-0.2, -0.15) is 5.10 Å². The first-order valence-corrected chi connectivity index (χ1v) is 6.93. The zero-order valence-corrected chi connectivity index (χ0v) is 11.4. The molecule has 0 spiro atoms. The number of benzene rings is 1. The van der Waals surface area contributed by atoms with E-state index in [9.17, 15) is 0 Å². The maximum absolute atomic E-state index is 4.57. The van der Waals surface area contributed by atoms with E-state index in [2.05, 4.69) is 15.4 Å². The number of nitrogens with zero attached hydrogens (tertiary/aromatic N) is 3. The Morgan fingerprint density at radius 1 is 1.16 bits per heavy atom. The molecule has 19 heavy (non-hydrogen) atoms. The third kappa shape index (κ3) is 2.66. The van der Waals surface area contributed by atoms with Crippen molar-refractivity contribution in [3.05, 3.63) is 53.7 Å². The van der Waals surface area contributed by atoms with Gasteiger partial charge in [-0.3, -0.25) is 4.68 Å². The van der Waals surface area contributed by atoms with Crippen molar-refractivity contribution in [3.63, 3.8) is 0 Å². The maximum Gasteiger partial charge on any atom is 0.191 e. The van der Waals surface area contributed by atoms with Gasteiger partial charge >= 0.3 is 0 Å². The van der Waals surface area contributed by atoms with Gasteiger partial charge in [-0.25, -0.2) is 4.98 Å². The lowest BCUT2D eigenvalue weighted by molar-refractivity contribution is 0.713. The first-order chi connectivity index (χ1) is 9.33. The van der Waals surface area contributed by atoms with Crippen LogP contribution in [-0.4, -0.2) is 14.8 Å². The van der Waals surface area contributed by atoms with Gasteiger partial charge in [0.05, 0.1) is 11.4 Å².